The number of hydrogen-bond acceptors (Lipinski definition) is 1. The van der Waals surface area contributed by atoms with E-state index in [0.717, 1.165) is 5.56 Å². The van der Waals surface area contributed by atoms with Gasteiger partial charge in [0.1, 0.15) is 0 Å². The Bertz CT molecular complexity index is 458. The van der Waals surface area contributed by atoms with Crippen LogP contribution in [-0.2, 0) is 4.79 Å². The zero-order valence-electron chi connectivity index (χ0n) is 8.84. The Morgan fingerprint density at radius 1 is 1.12 bits per heavy atom. The second kappa shape index (κ2) is 4.63. The molecule has 0 aromatic heterocycles. The Morgan fingerprint density at radius 3 is 2.31 bits per heavy atom. The van der Waals surface area contributed by atoms with E-state index in [2.05, 4.69) is 5.92 Å². The molecule has 0 radical (unpaired) electrons. The van der Waals surface area contributed by atoms with Crippen LogP contribution < -0.4 is 0 Å². The topological polar surface area (TPSA) is 17.1 Å². The maximum Gasteiger partial charge on any atom is 0.178 e. The molecule has 0 bridgehead atoms. The first-order valence-electron chi connectivity index (χ1n) is 5.22. The Balaban J connectivity index is 2.26. The summed E-state index contributed by atoms with van der Waals surface area (Å²) in [5, 5.41) is 0. The Labute approximate surface area is 95.5 Å². The van der Waals surface area contributed by atoms with Gasteiger partial charge in [0.05, 0.1) is 5.92 Å². The van der Waals surface area contributed by atoms with Crippen molar-refractivity contribution < 1.29 is 4.79 Å². The normalized spacial score (nSPS) is 17.1. The van der Waals surface area contributed by atoms with Gasteiger partial charge in [-0.05, 0) is 17.7 Å². The molecule has 0 fully saturated rings. The van der Waals surface area contributed by atoms with Crippen LogP contribution in [0, 0.1) is 18.3 Å². The average molecular weight is 208 g/mol. The largest absolute Gasteiger partial charge is 0.290 e. The highest BCUT2D eigenvalue weighted by Crippen LogP contribution is 2.27. The molecule has 1 unspecified atom stereocenters. The number of benzene rings is 1. The molecular formula is C15H12O. The summed E-state index contributed by atoms with van der Waals surface area (Å²) in [6.07, 6.45) is 12.5. The van der Waals surface area contributed by atoms with Gasteiger partial charge in [-0.25, -0.2) is 0 Å². The summed E-state index contributed by atoms with van der Waals surface area (Å²) < 4.78 is 0. The maximum absolute atomic E-state index is 11.0. The fourth-order valence-corrected chi connectivity index (χ4v) is 1.84. The Morgan fingerprint density at radius 2 is 1.75 bits per heavy atom. The third kappa shape index (κ3) is 2.12. The van der Waals surface area contributed by atoms with Crippen LogP contribution >= 0.6 is 0 Å². The first-order valence-corrected chi connectivity index (χ1v) is 5.22. The van der Waals surface area contributed by atoms with Crippen molar-refractivity contribution in [2.45, 2.75) is 5.92 Å². The molecule has 1 heteroatoms. The van der Waals surface area contributed by atoms with E-state index in [4.69, 9.17) is 6.42 Å². The highest BCUT2D eigenvalue weighted by molar-refractivity contribution is 6.00. The molecule has 0 saturated heterocycles. The van der Waals surface area contributed by atoms with Gasteiger partial charge in [-0.15, -0.1) is 6.42 Å². The summed E-state index contributed by atoms with van der Waals surface area (Å²) >= 11 is 0. The quantitative estimate of drug-likeness (QED) is 0.683. The number of carbonyl (C=O) groups excluding carboxylic acids is 1. The molecule has 16 heavy (non-hydrogen) atoms. The van der Waals surface area contributed by atoms with Crippen molar-refractivity contribution in [1.82, 2.24) is 0 Å². The lowest BCUT2D eigenvalue weighted by Crippen LogP contribution is -2.10. The molecule has 78 valence electrons. The minimum absolute atomic E-state index is 0.00167. The molecule has 0 heterocycles. The summed E-state index contributed by atoms with van der Waals surface area (Å²) in [5.74, 6) is 2.93. The van der Waals surface area contributed by atoms with Gasteiger partial charge >= 0.3 is 0 Å². The summed E-state index contributed by atoms with van der Waals surface area (Å²) in [6, 6.07) is 9.95. The molecule has 1 aromatic carbocycles. The van der Waals surface area contributed by atoms with Crippen molar-refractivity contribution >= 4 is 5.78 Å². The highest BCUT2D eigenvalue weighted by Gasteiger charge is 2.18. The molecule has 1 aliphatic carbocycles. The minimum Gasteiger partial charge on any atom is -0.290 e. The molecule has 1 aliphatic rings. The van der Waals surface area contributed by atoms with Crippen molar-refractivity contribution in [2.75, 3.05) is 0 Å². The van der Waals surface area contributed by atoms with E-state index >= 15 is 0 Å². The molecule has 0 amide bonds. The number of ketones is 1. The van der Waals surface area contributed by atoms with Crippen LogP contribution in [0.1, 0.15) is 11.5 Å². The molecule has 2 rings (SSSR count). The summed E-state index contributed by atoms with van der Waals surface area (Å²) in [7, 11) is 0. The first-order chi connectivity index (χ1) is 7.81. The summed E-state index contributed by atoms with van der Waals surface area (Å²) in [4.78, 5) is 11.0. The third-order valence-corrected chi connectivity index (χ3v) is 2.69. The predicted molar refractivity (Wildman–Crippen MR) is 64.8 cm³/mol. The van der Waals surface area contributed by atoms with E-state index in [9.17, 15) is 4.79 Å². The fourth-order valence-electron chi connectivity index (χ4n) is 1.84. The van der Waals surface area contributed by atoms with Crippen molar-refractivity contribution in [1.29, 1.82) is 0 Å². The van der Waals surface area contributed by atoms with E-state index in [-0.39, 0.29) is 17.6 Å². The van der Waals surface area contributed by atoms with E-state index in [0.29, 0.717) is 0 Å². The van der Waals surface area contributed by atoms with Crippen LogP contribution in [0.5, 0.6) is 0 Å². The van der Waals surface area contributed by atoms with E-state index in [1.54, 1.807) is 12.2 Å². The van der Waals surface area contributed by atoms with Crippen LogP contribution in [0.3, 0.4) is 0 Å². The van der Waals surface area contributed by atoms with Crippen molar-refractivity contribution in [3.63, 3.8) is 0 Å². The lowest BCUT2D eigenvalue weighted by Gasteiger charge is -2.18. The molecule has 0 saturated carbocycles. The van der Waals surface area contributed by atoms with Gasteiger partial charge in [-0.2, -0.15) is 0 Å². The van der Waals surface area contributed by atoms with Gasteiger partial charge in [0.25, 0.3) is 0 Å². The second-order valence-electron chi connectivity index (χ2n) is 3.75. The Kier molecular flexibility index (Phi) is 3.03. The van der Waals surface area contributed by atoms with Gasteiger partial charge < -0.3 is 0 Å². The van der Waals surface area contributed by atoms with E-state index in [1.807, 2.05) is 42.5 Å². The van der Waals surface area contributed by atoms with Gasteiger partial charge in [0, 0.05) is 5.92 Å². The zero-order chi connectivity index (χ0) is 11.4. The predicted octanol–water partition coefficient (Wildman–Crippen LogP) is 2.71. The lowest BCUT2D eigenvalue weighted by molar-refractivity contribution is -0.110. The molecule has 0 aliphatic heterocycles. The van der Waals surface area contributed by atoms with Crippen molar-refractivity contribution in [3.05, 3.63) is 60.2 Å². The van der Waals surface area contributed by atoms with Crippen LogP contribution in [-0.4, -0.2) is 5.78 Å². The zero-order valence-corrected chi connectivity index (χ0v) is 8.84. The Hall–Kier alpha value is -2.07. The summed E-state index contributed by atoms with van der Waals surface area (Å²) in [5.41, 5.74) is 1.11. The molecular weight excluding hydrogens is 196 g/mol. The number of carbonyl (C=O) groups is 1. The fraction of sp³-hybridized carbons (Fsp3) is 0.133. The van der Waals surface area contributed by atoms with Crippen LogP contribution in [0.15, 0.2) is 54.6 Å². The minimum atomic E-state index is 0.00167. The lowest BCUT2D eigenvalue weighted by atomic mass is 9.84. The first kappa shape index (κ1) is 10.4. The van der Waals surface area contributed by atoms with Crippen LogP contribution in [0.25, 0.3) is 0 Å². The number of rotatable bonds is 2. The van der Waals surface area contributed by atoms with Crippen LogP contribution in [0.4, 0.5) is 0 Å². The van der Waals surface area contributed by atoms with Gasteiger partial charge in [0.2, 0.25) is 0 Å². The van der Waals surface area contributed by atoms with Crippen LogP contribution in [0.2, 0.25) is 0 Å². The van der Waals surface area contributed by atoms with Gasteiger partial charge in [-0.1, -0.05) is 48.4 Å². The second-order valence-corrected chi connectivity index (χ2v) is 3.75. The number of terminal acetylenes is 1. The van der Waals surface area contributed by atoms with Gasteiger partial charge in [0.15, 0.2) is 5.78 Å². The van der Waals surface area contributed by atoms with E-state index < -0.39 is 0 Å². The molecule has 1 aromatic rings. The molecule has 1 atom stereocenters. The average Bonchev–Trinajstić information content (AvgIpc) is 2.34. The standard InChI is InChI=1S/C15H12O/c1-2-15(12-6-4-3-5-7-12)13-8-10-14(16)11-9-13/h1,3-11,13,15H. The number of allylic oxidation sites excluding steroid dienone is 4. The molecule has 0 N–H and O–H groups in total. The smallest absolute Gasteiger partial charge is 0.178 e. The van der Waals surface area contributed by atoms with E-state index in [1.165, 1.54) is 0 Å². The SMILES string of the molecule is C#CC(c1ccccc1)C1C=CC(=O)C=C1. The molecule has 0 spiro atoms. The summed E-state index contributed by atoms with van der Waals surface area (Å²) in [6.45, 7) is 0. The highest BCUT2D eigenvalue weighted by atomic mass is 16.1. The molecule has 1 nitrogen and oxygen atoms in total. The third-order valence-electron chi connectivity index (χ3n) is 2.69. The maximum atomic E-state index is 11.0. The van der Waals surface area contributed by atoms with Crippen molar-refractivity contribution in [2.24, 2.45) is 5.92 Å². The van der Waals surface area contributed by atoms with Gasteiger partial charge in [-0.3, -0.25) is 4.79 Å². The monoisotopic (exact) mass is 208 g/mol. The number of hydrogen-bond donors (Lipinski definition) is 0. The van der Waals surface area contributed by atoms with Crippen molar-refractivity contribution in [3.8, 4) is 12.3 Å².